The third-order valence-electron chi connectivity index (χ3n) is 5.08. The zero-order valence-electron chi connectivity index (χ0n) is 15.8. The molecule has 1 heterocycles. The van der Waals surface area contributed by atoms with Crippen LogP contribution in [-0.4, -0.2) is 62.9 Å². The van der Waals surface area contributed by atoms with Gasteiger partial charge in [0, 0.05) is 5.69 Å². The number of hydrogen-bond acceptors (Lipinski definition) is 5. The zero-order valence-corrected chi connectivity index (χ0v) is 15.8. The molecular weight excluding hydrogens is 334 g/mol. The first kappa shape index (κ1) is 20.0. The van der Waals surface area contributed by atoms with Crippen molar-refractivity contribution in [2.45, 2.75) is 26.3 Å². The number of amides is 1. The van der Waals surface area contributed by atoms with E-state index in [4.69, 9.17) is 4.74 Å². The van der Waals surface area contributed by atoms with Crippen LogP contribution in [0, 0.1) is 5.92 Å². The molecule has 3 N–H and O–H groups in total. The highest BCUT2D eigenvalue weighted by atomic mass is 16.5. The maximum absolute atomic E-state index is 12.4. The fourth-order valence-corrected chi connectivity index (χ4v) is 3.17. The van der Waals surface area contributed by atoms with Gasteiger partial charge in [-0.3, -0.25) is 4.79 Å². The normalized spacial score (nSPS) is 17.4. The molecule has 0 unspecified atom stereocenters. The monoisotopic (exact) mass is 364 g/mol. The number of aromatic hydroxyl groups is 1. The second-order valence-corrected chi connectivity index (χ2v) is 6.88. The van der Waals surface area contributed by atoms with Gasteiger partial charge in [-0.15, -0.1) is 0 Å². The molecule has 1 aromatic carbocycles. The first-order valence-corrected chi connectivity index (χ1v) is 9.19. The van der Waals surface area contributed by atoms with E-state index in [-0.39, 0.29) is 23.5 Å². The van der Waals surface area contributed by atoms with Gasteiger partial charge in [-0.1, -0.05) is 20.3 Å². The summed E-state index contributed by atoms with van der Waals surface area (Å²) in [5, 5.41) is 12.2. The molecule has 0 spiro atoms. The van der Waals surface area contributed by atoms with Crippen molar-refractivity contribution in [1.82, 2.24) is 5.32 Å². The smallest absolute Gasteiger partial charge is 0.328 e. The summed E-state index contributed by atoms with van der Waals surface area (Å²) < 4.78 is 4.81. The molecule has 1 aromatic rings. The minimum Gasteiger partial charge on any atom is -0.508 e. The van der Waals surface area contributed by atoms with Crippen molar-refractivity contribution in [1.29, 1.82) is 0 Å². The fraction of sp³-hybridized carbons (Fsp3) is 0.579. The van der Waals surface area contributed by atoms with Crippen LogP contribution >= 0.6 is 0 Å². The van der Waals surface area contributed by atoms with Gasteiger partial charge in [-0.05, 0) is 30.2 Å². The molecule has 1 fully saturated rings. The molecule has 0 aliphatic carbocycles. The van der Waals surface area contributed by atoms with Gasteiger partial charge in [-0.2, -0.15) is 0 Å². The Balaban J connectivity index is 1.83. The van der Waals surface area contributed by atoms with Gasteiger partial charge >= 0.3 is 5.97 Å². The summed E-state index contributed by atoms with van der Waals surface area (Å²) in [6, 6.07) is 6.59. The summed E-state index contributed by atoms with van der Waals surface area (Å²) in [5.74, 6) is -0.211. The van der Waals surface area contributed by atoms with Crippen LogP contribution in [0.1, 0.15) is 20.3 Å². The Hall–Kier alpha value is -2.28. The Kier molecular flexibility index (Phi) is 7.26. The van der Waals surface area contributed by atoms with Gasteiger partial charge in [0.25, 0.3) is 5.91 Å². The fourth-order valence-electron chi connectivity index (χ4n) is 3.17. The van der Waals surface area contributed by atoms with Crippen LogP contribution in [0.3, 0.4) is 0 Å². The number of rotatable bonds is 7. The third-order valence-corrected chi connectivity index (χ3v) is 5.08. The first-order valence-electron chi connectivity index (χ1n) is 9.19. The largest absolute Gasteiger partial charge is 0.508 e. The highest BCUT2D eigenvalue weighted by molar-refractivity contribution is 5.85. The Labute approximate surface area is 154 Å². The lowest BCUT2D eigenvalue weighted by Gasteiger charge is -2.33. The second kappa shape index (κ2) is 9.43. The van der Waals surface area contributed by atoms with Crippen molar-refractivity contribution in [3.8, 4) is 5.75 Å². The van der Waals surface area contributed by atoms with Crippen molar-refractivity contribution in [3.63, 3.8) is 0 Å². The van der Waals surface area contributed by atoms with Crippen molar-refractivity contribution in [2.24, 2.45) is 5.92 Å². The topological polar surface area (TPSA) is 83.3 Å². The lowest BCUT2D eigenvalue weighted by molar-refractivity contribution is -0.892. The van der Waals surface area contributed by atoms with Crippen LogP contribution < -0.4 is 15.1 Å². The Morgan fingerprint density at radius 2 is 1.88 bits per heavy atom. The highest BCUT2D eigenvalue weighted by Crippen LogP contribution is 2.18. The molecule has 1 saturated heterocycles. The van der Waals surface area contributed by atoms with E-state index in [1.165, 1.54) is 12.0 Å². The summed E-state index contributed by atoms with van der Waals surface area (Å²) in [4.78, 5) is 27.7. The number of quaternary nitrogens is 1. The van der Waals surface area contributed by atoms with E-state index < -0.39 is 6.04 Å². The summed E-state index contributed by atoms with van der Waals surface area (Å²) in [6.07, 6.45) is 0.790. The number of piperazine rings is 1. The Morgan fingerprint density at radius 1 is 1.27 bits per heavy atom. The van der Waals surface area contributed by atoms with E-state index in [1.807, 2.05) is 26.0 Å². The van der Waals surface area contributed by atoms with Gasteiger partial charge in [0.15, 0.2) is 6.54 Å². The second-order valence-electron chi connectivity index (χ2n) is 6.88. The number of phenols is 1. The number of benzene rings is 1. The predicted octanol–water partition coefficient (Wildman–Crippen LogP) is -0.199. The predicted molar refractivity (Wildman–Crippen MR) is 99.3 cm³/mol. The van der Waals surface area contributed by atoms with Gasteiger partial charge in [0.05, 0.1) is 33.3 Å². The van der Waals surface area contributed by atoms with E-state index in [9.17, 15) is 14.7 Å². The van der Waals surface area contributed by atoms with Gasteiger partial charge in [0.1, 0.15) is 11.8 Å². The average Bonchev–Trinajstić information content (AvgIpc) is 2.66. The van der Waals surface area contributed by atoms with Crippen molar-refractivity contribution in [2.75, 3.05) is 44.7 Å². The van der Waals surface area contributed by atoms with Crippen LogP contribution in [0.15, 0.2) is 24.3 Å². The number of esters is 1. The molecule has 1 amide bonds. The maximum Gasteiger partial charge on any atom is 0.328 e. The number of phenolic OH excluding ortho intramolecular Hbond substituents is 1. The molecule has 1 aliphatic heterocycles. The number of anilines is 1. The van der Waals surface area contributed by atoms with E-state index in [2.05, 4.69) is 10.2 Å². The maximum atomic E-state index is 12.4. The van der Waals surface area contributed by atoms with Crippen LogP contribution in [-0.2, 0) is 14.3 Å². The number of hydrogen-bond donors (Lipinski definition) is 3. The molecule has 0 saturated carbocycles. The standard InChI is InChI=1S/C19H29N3O4/c1-4-14(2)18(19(25)26-3)20-17(24)13-21-9-11-22(12-10-21)15-5-7-16(23)8-6-15/h5-8,14,18,23H,4,9-13H2,1-3H3,(H,20,24)/p+1/t14-,18+/m0/s1. The van der Waals surface area contributed by atoms with Gasteiger partial charge in [-0.25, -0.2) is 4.79 Å². The first-order chi connectivity index (χ1) is 12.4. The quantitative estimate of drug-likeness (QED) is 0.584. The number of carbonyl (C=O) groups is 2. The third kappa shape index (κ3) is 5.36. The van der Waals surface area contributed by atoms with Gasteiger partial charge in [0.2, 0.25) is 0 Å². The van der Waals surface area contributed by atoms with Crippen molar-refractivity contribution in [3.05, 3.63) is 24.3 Å². The number of methoxy groups -OCH3 is 1. The minimum atomic E-state index is -0.588. The number of nitrogens with zero attached hydrogens (tertiary/aromatic N) is 1. The van der Waals surface area contributed by atoms with E-state index in [1.54, 1.807) is 12.1 Å². The zero-order chi connectivity index (χ0) is 19.1. The van der Waals surface area contributed by atoms with Crippen LogP contribution in [0.4, 0.5) is 5.69 Å². The number of nitrogens with one attached hydrogen (secondary N) is 2. The van der Waals surface area contributed by atoms with Gasteiger partial charge < -0.3 is 25.0 Å². The number of carbonyl (C=O) groups excluding carboxylic acids is 2. The summed E-state index contributed by atoms with van der Waals surface area (Å²) in [7, 11) is 1.34. The molecule has 7 heteroatoms. The van der Waals surface area contributed by atoms with Crippen molar-refractivity contribution < 1.29 is 24.3 Å². The summed E-state index contributed by atoms with van der Waals surface area (Å²) in [5.41, 5.74) is 1.08. The molecular formula is C19H30N3O4+. The lowest BCUT2D eigenvalue weighted by Crippen LogP contribution is -3.16. The van der Waals surface area contributed by atoms with E-state index in [0.29, 0.717) is 6.54 Å². The highest BCUT2D eigenvalue weighted by Gasteiger charge is 2.29. The molecule has 26 heavy (non-hydrogen) atoms. The Bertz CT molecular complexity index is 597. The molecule has 0 radical (unpaired) electrons. The molecule has 7 nitrogen and oxygen atoms in total. The summed E-state index contributed by atoms with van der Waals surface area (Å²) >= 11 is 0. The molecule has 2 atom stereocenters. The SMILES string of the molecule is CC[C@H](C)[C@@H](NC(=O)C[NH+]1CCN(c2ccc(O)cc2)CC1)C(=O)OC. The average molecular weight is 364 g/mol. The van der Waals surface area contributed by atoms with E-state index >= 15 is 0 Å². The molecule has 144 valence electrons. The minimum absolute atomic E-state index is 0.0349. The Morgan fingerprint density at radius 3 is 2.42 bits per heavy atom. The van der Waals surface area contributed by atoms with Crippen LogP contribution in [0.5, 0.6) is 5.75 Å². The van der Waals surface area contributed by atoms with E-state index in [0.717, 1.165) is 38.3 Å². The number of ether oxygens (including phenoxy) is 1. The van der Waals surface area contributed by atoms with Crippen LogP contribution in [0.25, 0.3) is 0 Å². The summed E-state index contributed by atoms with van der Waals surface area (Å²) in [6.45, 7) is 7.67. The molecule has 1 aliphatic rings. The molecule has 0 aromatic heterocycles. The lowest BCUT2D eigenvalue weighted by atomic mass is 9.99. The molecule has 2 rings (SSSR count). The van der Waals surface area contributed by atoms with Crippen LogP contribution in [0.2, 0.25) is 0 Å². The van der Waals surface area contributed by atoms with Crippen molar-refractivity contribution >= 4 is 17.6 Å². The molecule has 0 bridgehead atoms.